The van der Waals surface area contributed by atoms with E-state index in [1.54, 1.807) is 0 Å². The summed E-state index contributed by atoms with van der Waals surface area (Å²) in [4.78, 5) is 75.3. The van der Waals surface area contributed by atoms with E-state index in [-0.39, 0.29) is 36.5 Å². The van der Waals surface area contributed by atoms with Gasteiger partial charge < -0.3 is 56.0 Å². The van der Waals surface area contributed by atoms with Crippen molar-refractivity contribution in [2.75, 3.05) is 37.8 Å². The zero-order valence-electron chi connectivity index (χ0n) is 28.2. The lowest BCUT2D eigenvalue weighted by molar-refractivity contribution is -0.137. The van der Waals surface area contributed by atoms with Gasteiger partial charge in [0.05, 0.1) is 19.5 Å². The number of thioether (sulfide) groups is 1. The summed E-state index contributed by atoms with van der Waals surface area (Å²) in [5.41, 5.74) is 4.27. The number of carbonyl (C=O) groups is 2. The van der Waals surface area contributed by atoms with Gasteiger partial charge in [0.25, 0.3) is 0 Å². The molecule has 3 heterocycles. The lowest BCUT2D eigenvalue weighted by Gasteiger charge is -2.30. The molecule has 3 unspecified atom stereocenters. The molecular formula is C25H40N7O17P3S. The first kappa shape index (κ1) is 44.8. The number of nitrogen functional groups attached to an aromatic ring is 1. The second-order valence-corrected chi connectivity index (χ2v) is 17.0. The summed E-state index contributed by atoms with van der Waals surface area (Å²) >= 11 is 1.19. The molecular weight excluding hydrogens is 795 g/mol. The van der Waals surface area contributed by atoms with E-state index < -0.39 is 90.7 Å². The summed E-state index contributed by atoms with van der Waals surface area (Å²) in [6.45, 7) is 2.10. The first-order valence-electron chi connectivity index (χ1n) is 15.2. The lowest BCUT2D eigenvalue weighted by Crippen LogP contribution is -2.46. The number of aliphatic hydroxyl groups excluding tert-OH is 3. The van der Waals surface area contributed by atoms with Crippen LogP contribution in [0.5, 0.6) is 0 Å². The monoisotopic (exact) mass is 835 g/mol. The van der Waals surface area contributed by atoms with Gasteiger partial charge in [-0.3, -0.25) is 27.7 Å². The number of fused-ring (bicyclic) bond motifs is 1. The third-order valence-electron chi connectivity index (χ3n) is 6.94. The average Bonchev–Trinajstić information content (AvgIpc) is 3.60. The quantitative estimate of drug-likeness (QED) is 0.0436. The molecule has 0 aromatic carbocycles. The molecule has 0 bridgehead atoms. The second kappa shape index (κ2) is 18.8. The molecule has 2 aromatic heterocycles. The summed E-state index contributed by atoms with van der Waals surface area (Å²) in [5.74, 6) is 1.56. The summed E-state index contributed by atoms with van der Waals surface area (Å²) in [6.07, 6.45) is -7.63. The van der Waals surface area contributed by atoms with Crippen LogP contribution in [0.3, 0.4) is 0 Å². The van der Waals surface area contributed by atoms with Crippen molar-refractivity contribution in [3.05, 3.63) is 12.7 Å². The second-order valence-electron chi connectivity index (χ2n) is 11.8. The van der Waals surface area contributed by atoms with Crippen molar-refractivity contribution in [3.63, 3.8) is 0 Å². The van der Waals surface area contributed by atoms with Gasteiger partial charge in [0.15, 0.2) is 17.7 Å². The van der Waals surface area contributed by atoms with Crippen LogP contribution in [-0.2, 0) is 45.9 Å². The number of phosphoric acid groups is 3. The molecule has 1 saturated heterocycles. The first-order chi connectivity index (χ1) is 24.5. The number of anilines is 1. The van der Waals surface area contributed by atoms with Crippen molar-refractivity contribution in [3.8, 4) is 11.2 Å². The number of carbonyl (C=O) groups excluding carboxylic acids is 2. The van der Waals surface area contributed by atoms with Crippen molar-refractivity contribution in [2.45, 2.75) is 63.9 Å². The standard InChI is InChI=1S/C25H40N7O17P3S/c1-14(33)5-8-53-9-7-27-16(34)4-6-28-23(37)20(36)25(2,3)11-46-52(43,44)49-51(41,42)45-10-15-19(48-50(38,39)40)18(35)24(47-15)32-13-31-17-21(26)29-12-30-22(17)32/h12-15,18-20,24,33,35-36H,4,6-7,9-11H2,1-3H3,(H,27,34)(H,28,37)(H,41,42)(H,43,44)(H2,26,29,30)(H2,38,39,40)/t14?,15-,18-,19-,20+,24+/m1/s1. The van der Waals surface area contributed by atoms with E-state index in [0.717, 1.165) is 17.2 Å². The number of aliphatic hydroxyl groups is 3. The highest BCUT2D eigenvalue weighted by atomic mass is 32.2. The van der Waals surface area contributed by atoms with Crippen molar-refractivity contribution < 1.29 is 80.8 Å². The minimum atomic E-state index is -5.56. The number of ether oxygens (including phenoxy) is 1. The number of imidazole rings is 1. The molecule has 3 rings (SSSR count). The average molecular weight is 836 g/mol. The molecule has 0 aliphatic carbocycles. The fourth-order valence-electron chi connectivity index (χ4n) is 4.36. The van der Waals surface area contributed by atoms with Crippen LogP contribution < -0.4 is 16.4 Å². The van der Waals surface area contributed by atoms with E-state index in [1.165, 1.54) is 32.5 Å². The minimum absolute atomic E-state index is 0.0314. The Morgan fingerprint density at radius 1 is 1.09 bits per heavy atom. The highest BCUT2D eigenvalue weighted by molar-refractivity contribution is 8.03. The molecule has 1 aliphatic rings. The Balaban J connectivity index is 1.52. The van der Waals surface area contributed by atoms with E-state index in [4.69, 9.17) is 24.6 Å². The molecule has 2 aromatic rings. The molecule has 28 heteroatoms. The maximum absolute atomic E-state index is 12.6. The number of hydrogen-bond acceptors (Lipinski definition) is 18. The summed E-state index contributed by atoms with van der Waals surface area (Å²) < 4.78 is 61.9. The Kier molecular flexibility index (Phi) is 15.9. The van der Waals surface area contributed by atoms with Crippen molar-refractivity contribution in [1.82, 2.24) is 30.2 Å². The molecule has 298 valence electrons. The molecule has 1 aliphatic heterocycles. The molecule has 0 saturated carbocycles. The van der Waals surface area contributed by atoms with E-state index in [2.05, 4.69) is 45.6 Å². The Bertz CT molecular complexity index is 1800. The van der Waals surface area contributed by atoms with Gasteiger partial charge in [0.1, 0.15) is 42.4 Å². The predicted molar refractivity (Wildman–Crippen MR) is 182 cm³/mol. The predicted octanol–water partition coefficient (Wildman–Crippen LogP) is -1.52. The fourth-order valence-corrected chi connectivity index (χ4v) is 7.75. The SMILES string of the molecule is CC(O)C#CSCCNC(=O)CCNC(=O)[C@H](O)C(C)(C)COP(=O)(O)OP(=O)(O)OC[C@H]1O[C@H](n2cnc3c(N)ncnc32)[C@H](O)[C@@H]1OP(=O)(O)O. The Morgan fingerprint density at radius 2 is 1.77 bits per heavy atom. The van der Waals surface area contributed by atoms with Gasteiger partial charge in [0.2, 0.25) is 11.8 Å². The first-order valence-corrected chi connectivity index (χ1v) is 20.7. The van der Waals surface area contributed by atoms with Crippen LogP contribution in [0.2, 0.25) is 0 Å². The zero-order chi connectivity index (χ0) is 39.8. The Morgan fingerprint density at radius 3 is 2.43 bits per heavy atom. The third-order valence-corrected chi connectivity index (χ3v) is 10.7. The molecule has 8 atom stereocenters. The molecule has 24 nitrogen and oxygen atoms in total. The molecule has 53 heavy (non-hydrogen) atoms. The molecule has 0 spiro atoms. The number of rotatable bonds is 19. The molecule has 1 fully saturated rings. The van der Waals surface area contributed by atoms with Crippen molar-refractivity contribution >= 4 is 64.0 Å². The summed E-state index contributed by atoms with van der Waals surface area (Å²) in [7, 11) is -16.4. The van der Waals surface area contributed by atoms with E-state index >= 15 is 0 Å². The van der Waals surface area contributed by atoms with Crippen molar-refractivity contribution in [2.24, 2.45) is 5.41 Å². The zero-order valence-corrected chi connectivity index (χ0v) is 31.7. The molecule has 2 amide bonds. The van der Waals surface area contributed by atoms with Crippen LogP contribution in [0.4, 0.5) is 5.82 Å². The van der Waals surface area contributed by atoms with Crippen LogP contribution in [0.15, 0.2) is 12.7 Å². The Hall–Kier alpha value is -2.59. The topological polar surface area (TPSA) is 367 Å². The lowest BCUT2D eigenvalue weighted by atomic mass is 9.87. The van der Waals surface area contributed by atoms with Gasteiger partial charge in [0, 0.05) is 30.7 Å². The third kappa shape index (κ3) is 13.9. The summed E-state index contributed by atoms with van der Waals surface area (Å²) in [6, 6.07) is 0. The number of aromatic nitrogens is 4. The van der Waals surface area contributed by atoms with Crippen LogP contribution in [0, 0.1) is 16.6 Å². The molecule has 11 N–H and O–H groups in total. The van der Waals surface area contributed by atoms with Gasteiger partial charge in [-0.05, 0) is 12.2 Å². The van der Waals surface area contributed by atoms with E-state index in [0.29, 0.717) is 5.75 Å². The van der Waals surface area contributed by atoms with Gasteiger partial charge in [-0.15, -0.1) is 0 Å². The number of nitrogens with two attached hydrogens (primary N) is 1. The number of amides is 2. The number of hydrogen-bond donors (Lipinski definition) is 10. The number of nitrogens with zero attached hydrogens (tertiary/aromatic N) is 4. The highest BCUT2D eigenvalue weighted by Crippen LogP contribution is 2.61. The van der Waals surface area contributed by atoms with Crippen molar-refractivity contribution in [1.29, 1.82) is 0 Å². The van der Waals surface area contributed by atoms with Crippen LogP contribution in [-0.4, -0.2) is 129 Å². The number of nitrogens with one attached hydrogen (secondary N) is 2. The highest BCUT2D eigenvalue weighted by Gasteiger charge is 2.50. The normalized spacial score (nSPS) is 22.6. The van der Waals surface area contributed by atoms with Gasteiger partial charge in [-0.2, -0.15) is 4.31 Å². The van der Waals surface area contributed by atoms with Gasteiger partial charge in [-0.1, -0.05) is 31.5 Å². The van der Waals surface area contributed by atoms with Crippen LogP contribution >= 0.6 is 35.2 Å². The van der Waals surface area contributed by atoms with Crippen LogP contribution in [0.1, 0.15) is 33.4 Å². The van der Waals surface area contributed by atoms with Crippen LogP contribution in [0.25, 0.3) is 11.2 Å². The van der Waals surface area contributed by atoms with Gasteiger partial charge in [-0.25, -0.2) is 28.6 Å². The Labute approximate surface area is 305 Å². The van der Waals surface area contributed by atoms with Gasteiger partial charge >= 0.3 is 23.5 Å². The van der Waals surface area contributed by atoms with E-state index in [1.807, 2.05) is 0 Å². The molecule has 0 radical (unpaired) electrons. The van der Waals surface area contributed by atoms with E-state index in [9.17, 15) is 53.1 Å². The fraction of sp³-hybridized carbons (Fsp3) is 0.640. The number of phosphoric ester groups is 3. The smallest absolute Gasteiger partial charge is 0.386 e. The minimum Gasteiger partial charge on any atom is -0.386 e. The maximum Gasteiger partial charge on any atom is 0.481 e. The summed E-state index contributed by atoms with van der Waals surface area (Å²) in [5, 5.41) is 38.0. The largest absolute Gasteiger partial charge is 0.481 e. The maximum atomic E-state index is 12.6.